The average molecular weight is 3080 g/mol. The van der Waals surface area contributed by atoms with Gasteiger partial charge < -0.3 is 52.1 Å². The third kappa shape index (κ3) is 37.8. The first-order valence-corrected chi connectivity index (χ1v) is 60.0. The Balaban J connectivity index is 0.000000236. The van der Waals surface area contributed by atoms with Crippen molar-refractivity contribution in [2.45, 2.75) is 164 Å². The fourth-order valence-corrected chi connectivity index (χ4v) is 25.5. The standard InChI is InChI=1S/C25H32Br4O2.C23H29Br3O2.C21H20Br4O2.C17H16Br4O2.C15H14Cl2O2.C12H8Br2O/c1-15(2)7-9-30-23-19(26)11-17(12-20(23)27)25(5,6)18-13-21(28)24(22(29)14-18)31-10-8-16(3)4;1-5-7-11-27-21-10-9-16(13-18(21)24)23(3,4)17-14-19(25)22(20(26)15-17)28-12-8-6-2;1-5-7-26-19-15(22)9-13(10-16(19)23)21(3,4)14-11-17(24)20(18(25)12-14)27-8-6-2;1-17(2,9-5-11(18)15(22-3)12(19)6-9)10-7-13(20)16(23-4)14(21)8-10;1-18-14-5-3-12(16)8-10(14)7-11-9-13(17)4-6-15(11)19-2;13-9-1-5-11(6-2-9)15-12-7-3-10(14)4-8-12/h11-16H,7-10H2,1-6H3;9-10,13-15H,5-8,11-12H2,1-4H3;5-6,9-12H,1-2,7-8H2,3-4H3;5-8H,1-4H3;3-6,8-9H,7H2,1-2H3;1-8H. The molecule has 0 heterocycles. The zero-order valence-corrected chi connectivity index (χ0v) is 111. The van der Waals surface area contributed by atoms with E-state index in [0.29, 0.717) is 54.7 Å². The number of halogens is 19. The highest BCUT2D eigenvalue weighted by Crippen LogP contribution is 2.51. The van der Waals surface area contributed by atoms with Gasteiger partial charge in [-0.3, -0.25) is 0 Å². The molecule has 11 nitrogen and oxygen atoms in total. The number of benzene rings is 12. The summed E-state index contributed by atoms with van der Waals surface area (Å²) >= 11 is 73.6. The van der Waals surface area contributed by atoms with Crippen molar-refractivity contribution >= 4 is 294 Å². The summed E-state index contributed by atoms with van der Waals surface area (Å²) in [5.41, 5.74) is 10.6. The molecule has 0 saturated carbocycles. The van der Waals surface area contributed by atoms with Crippen LogP contribution in [0.25, 0.3) is 0 Å². The first-order valence-electron chi connectivity index (χ1n) is 45.7. The monoisotopic (exact) mass is 3060 g/mol. The van der Waals surface area contributed by atoms with E-state index in [1.807, 2.05) is 72.8 Å². The van der Waals surface area contributed by atoms with Crippen LogP contribution in [0.3, 0.4) is 0 Å². The zero-order chi connectivity index (χ0) is 106. The quantitative estimate of drug-likeness (QED) is 0.0273. The Bertz CT molecular complexity index is 5750. The molecule has 770 valence electrons. The van der Waals surface area contributed by atoms with Gasteiger partial charge in [-0.1, -0.05) is 196 Å². The van der Waals surface area contributed by atoms with Gasteiger partial charge in [0.1, 0.15) is 82.2 Å². The molecule has 12 aromatic carbocycles. The van der Waals surface area contributed by atoms with E-state index in [4.69, 9.17) is 75.3 Å². The Hall–Kier alpha value is -3.34. The van der Waals surface area contributed by atoms with Gasteiger partial charge in [-0.05, 0) is 503 Å². The second-order valence-corrected chi connectivity index (χ2v) is 51.2. The fourth-order valence-electron chi connectivity index (χ4n) is 14.0. The lowest BCUT2D eigenvalue weighted by molar-refractivity contribution is 0.286. The summed E-state index contributed by atoms with van der Waals surface area (Å²) in [5, 5.41) is 1.36. The maximum absolute atomic E-state index is 6.03. The largest absolute Gasteiger partial charge is 0.496 e. The lowest BCUT2D eigenvalue weighted by Crippen LogP contribution is -2.19. The molecule has 30 heteroatoms. The molecule has 0 N–H and O–H groups in total. The minimum atomic E-state index is -0.246. The SMILES string of the molecule is Brc1ccc(Oc2ccc(Br)cc2)cc1.C=CCOc1c(Br)cc(C(C)(C)c2cc(Br)c(OCC=C)c(Br)c2)cc1Br.CC(C)CCOc1c(Br)cc(C(C)(C)c2cc(Br)c(OCCC(C)C)c(Br)c2)cc1Br.CCCCOc1ccc(C(C)(C)c2cc(Br)c(OCCCC)c(Br)c2)cc1Br.COc1c(Br)cc(C(C)(C)c2cc(Br)c(OC)c(Br)c2)cc1Br.COc1ccc(Cl)cc1Cc1cc(Cl)ccc1OC. The maximum Gasteiger partial charge on any atom is 0.148 e. The average Bonchev–Trinajstić information content (AvgIpc) is 0.789. The van der Waals surface area contributed by atoms with E-state index in [0.717, 1.165) is 219 Å². The number of ether oxygens (including phenoxy) is 11. The van der Waals surface area contributed by atoms with Gasteiger partial charge in [0, 0.05) is 58.2 Å². The third-order valence-electron chi connectivity index (χ3n) is 22.9. The van der Waals surface area contributed by atoms with Crippen molar-refractivity contribution in [1.82, 2.24) is 0 Å². The van der Waals surface area contributed by atoms with E-state index in [1.54, 1.807) is 52.7 Å². The minimum Gasteiger partial charge on any atom is -0.496 e. The molecule has 0 spiro atoms. The van der Waals surface area contributed by atoms with E-state index >= 15 is 0 Å². The van der Waals surface area contributed by atoms with Crippen LogP contribution in [0.4, 0.5) is 0 Å². The van der Waals surface area contributed by atoms with E-state index in [1.165, 1.54) is 33.4 Å². The van der Waals surface area contributed by atoms with Gasteiger partial charge in [0.05, 0.1) is 122 Å². The normalized spacial score (nSPS) is 11.2. The molecule has 0 bridgehead atoms. The van der Waals surface area contributed by atoms with E-state index in [-0.39, 0.29) is 21.7 Å². The number of hydrogen-bond acceptors (Lipinski definition) is 11. The molecule has 0 saturated heterocycles. The van der Waals surface area contributed by atoms with Crippen molar-refractivity contribution < 1.29 is 52.1 Å². The summed E-state index contributed by atoms with van der Waals surface area (Å²) in [5.74, 6) is 11.1. The van der Waals surface area contributed by atoms with Gasteiger partial charge in [-0.15, -0.1) is 0 Å². The van der Waals surface area contributed by atoms with Crippen LogP contribution in [-0.4, -0.2) is 68.1 Å². The van der Waals surface area contributed by atoms with Crippen molar-refractivity contribution in [3.8, 4) is 69.0 Å². The minimum absolute atomic E-state index is 0.169. The summed E-state index contributed by atoms with van der Waals surface area (Å²) < 4.78 is 78.6. The molecule has 0 atom stereocenters. The van der Waals surface area contributed by atoms with E-state index in [2.05, 4.69) is 484 Å². The van der Waals surface area contributed by atoms with Gasteiger partial charge in [0.2, 0.25) is 0 Å². The number of hydrogen-bond donors (Lipinski definition) is 0. The first-order chi connectivity index (χ1) is 67.5. The molecule has 12 rings (SSSR count). The van der Waals surface area contributed by atoms with Gasteiger partial charge in [0.25, 0.3) is 0 Å². The number of methoxy groups -OCH3 is 4. The van der Waals surface area contributed by atoms with Gasteiger partial charge >= 0.3 is 0 Å². The number of rotatable bonds is 38. The lowest BCUT2D eigenvalue weighted by Gasteiger charge is -2.28. The lowest BCUT2D eigenvalue weighted by atomic mass is 9.78. The van der Waals surface area contributed by atoms with E-state index in [9.17, 15) is 0 Å². The molecule has 0 aliphatic rings. The van der Waals surface area contributed by atoms with Crippen LogP contribution in [-0.2, 0) is 28.1 Å². The molecule has 12 aromatic rings. The molecule has 0 aliphatic heterocycles. The topological polar surface area (TPSA) is 102 Å². The summed E-state index contributed by atoms with van der Waals surface area (Å²) in [6.07, 6.45) is 10.5. The predicted molar refractivity (Wildman–Crippen MR) is 658 cm³/mol. The van der Waals surface area contributed by atoms with Crippen LogP contribution in [0, 0.1) is 11.8 Å². The van der Waals surface area contributed by atoms with Crippen molar-refractivity contribution in [2.75, 3.05) is 68.1 Å². The van der Waals surface area contributed by atoms with Crippen LogP contribution in [0.15, 0.2) is 289 Å². The van der Waals surface area contributed by atoms with Crippen molar-refractivity contribution in [3.63, 3.8) is 0 Å². The zero-order valence-electron chi connectivity index (χ0n) is 83.0. The molecule has 0 aliphatic carbocycles. The highest BCUT2D eigenvalue weighted by Gasteiger charge is 2.33. The van der Waals surface area contributed by atoms with E-state index < -0.39 is 0 Å². The Morgan fingerprint density at radius 2 is 0.524 bits per heavy atom. The van der Waals surface area contributed by atoms with Crippen LogP contribution in [0.1, 0.15) is 191 Å². The van der Waals surface area contributed by atoms with Gasteiger partial charge in [0.15, 0.2) is 0 Å². The molecule has 143 heavy (non-hydrogen) atoms. The fraction of sp³-hybridized carbons (Fsp3) is 0.327. The van der Waals surface area contributed by atoms with Crippen LogP contribution < -0.4 is 52.1 Å². The van der Waals surface area contributed by atoms with Crippen LogP contribution in [0.5, 0.6) is 69.0 Å². The van der Waals surface area contributed by atoms with Crippen LogP contribution >= 0.6 is 294 Å². The smallest absolute Gasteiger partial charge is 0.148 e. The third-order valence-corrected chi connectivity index (χ3v) is 33.3. The van der Waals surface area contributed by atoms with Crippen LogP contribution in [0.2, 0.25) is 10.0 Å². The Kier molecular flexibility index (Phi) is 54.5. The summed E-state index contributed by atoms with van der Waals surface area (Å²) in [6.45, 7) is 42.0. The second kappa shape index (κ2) is 61.5. The Morgan fingerprint density at radius 3 is 0.776 bits per heavy atom. The summed E-state index contributed by atoms with van der Waals surface area (Å²) in [7, 11) is 6.60. The Labute approximate surface area is 1000 Å². The molecular formula is C113H119Br17Cl2O11. The predicted octanol–water partition coefficient (Wildman–Crippen LogP) is 43.4. The van der Waals surface area contributed by atoms with Crippen molar-refractivity contribution in [2.24, 2.45) is 11.8 Å². The molecular weight excluding hydrogens is 2960 g/mol. The van der Waals surface area contributed by atoms with Crippen molar-refractivity contribution in [1.29, 1.82) is 0 Å². The summed E-state index contributed by atoms with van der Waals surface area (Å²) in [4.78, 5) is 0. The Morgan fingerprint density at radius 1 is 0.280 bits per heavy atom. The number of unbranched alkanes of at least 4 members (excludes halogenated alkanes) is 2. The second-order valence-electron chi connectivity index (χ2n) is 35.7. The van der Waals surface area contributed by atoms with Crippen molar-refractivity contribution in [3.05, 3.63) is 355 Å². The first kappa shape index (κ1) is 127. The highest BCUT2D eigenvalue weighted by atomic mass is 79.9. The molecule has 0 fully saturated rings. The summed E-state index contributed by atoms with van der Waals surface area (Å²) in [6, 6.07) is 62.7. The maximum atomic E-state index is 6.03. The van der Waals surface area contributed by atoms with Gasteiger partial charge in [-0.2, -0.15) is 0 Å². The molecule has 0 aromatic heterocycles. The highest BCUT2D eigenvalue weighted by molar-refractivity contribution is 9.13. The molecule has 0 unspecified atom stereocenters. The molecule has 0 amide bonds. The van der Waals surface area contributed by atoms with Gasteiger partial charge in [-0.25, -0.2) is 0 Å². The molecule has 0 radical (unpaired) electrons.